The van der Waals surface area contributed by atoms with Crippen LogP contribution in [0.2, 0.25) is 5.02 Å². The zero-order chi connectivity index (χ0) is 19.4. The molecule has 1 amide bonds. The summed E-state index contributed by atoms with van der Waals surface area (Å²) in [6, 6.07) is 10.5. The van der Waals surface area contributed by atoms with Gasteiger partial charge in [-0.3, -0.25) is 9.59 Å². The van der Waals surface area contributed by atoms with Crippen LogP contribution in [0, 0.1) is 12.7 Å². The molecule has 2 aromatic carbocycles. The average molecular weight is 391 g/mol. The number of benzene rings is 2. The number of nitrogens with one attached hydrogen (secondary N) is 2. The van der Waals surface area contributed by atoms with Gasteiger partial charge in [-0.2, -0.15) is 0 Å². The standard InChI is InChI=1S/C20H20ClFN2O3/c1-12-2-7-15(8-16(12)21)24-20(26)17-9-18(25)19(10-23-17)27-11-13-3-5-14(22)6-4-13/h2-8,17,19,23H,9-11H2,1H3,(H,24,26). The van der Waals surface area contributed by atoms with E-state index in [9.17, 15) is 14.0 Å². The van der Waals surface area contributed by atoms with Gasteiger partial charge in [-0.1, -0.05) is 29.8 Å². The molecule has 1 fully saturated rings. The number of amides is 1. The van der Waals surface area contributed by atoms with Crippen molar-refractivity contribution in [3.05, 3.63) is 64.4 Å². The SMILES string of the molecule is Cc1ccc(NC(=O)C2CC(=O)C(OCc3ccc(F)cc3)CN2)cc1Cl. The number of halogens is 2. The van der Waals surface area contributed by atoms with Gasteiger partial charge in [0.15, 0.2) is 5.78 Å². The molecule has 2 unspecified atom stereocenters. The van der Waals surface area contributed by atoms with Gasteiger partial charge < -0.3 is 15.4 Å². The van der Waals surface area contributed by atoms with E-state index < -0.39 is 12.1 Å². The summed E-state index contributed by atoms with van der Waals surface area (Å²) in [5.41, 5.74) is 2.28. The van der Waals surface area contributed by atoms with Crippen LogP contribution in [0.25, 0.3) is 0 Å². The Morgan fingerprint density at radius 2 is 2.04 bits per heavy atom. The molecule has 1 aliphatic rings. The smallest absolute Gasteiger partial charge is 0.241 e. The molecule has 0 saturated carbocycles. The van der Waals surface area contributed by atoms with E-state index in [0.29, 0.717) is 10.7 Å². The zero-order valence-corrected chi connectivity index (χ0v) is 15.6. The van der Waals surface area contributed by atoms with Crippen LogP contribution in [0.5, 0.6) is 0 Å². The number of anilines is 1. The van der Waals surface area contributed by atoms with Crippen molar-refractivity contribution >= 4 is 29.0 Å². The average Bonchev–Trinajstić information content (AvgIpc) is 2.65. The first-order valence-electron chi connectivity index (χ1n) is 8.61. The van der Waals surface area contributed by atoms with E-state index in [0.717, 1.165) is 11.1 Å². The van der Waals surface area contributed by atoms with Crippen molar-refractivity contribution in [3.63, 3.8) is 0 Å². The van der Waals surface area contributed by atoms with Crippen LogP contribution in [-0.2, 0) is 20.9 Å². The van der Waals surface area contributed by atoms with E-state index in [4.69, 9.17) is 16.3 Å². The Kier molecular flexibility index (Phi) is 6.21. The van der Waals surface area contributed by atoms with Gasteiger partial charge in [-0.25, -0.2) is 4.39 Å². The molecule has 1 heterocycles. The Bertz CT molecular complexity index is 842. The molecule has 5 nitrogen and oxygen atoms in total. The highest BCUT2D eigenvalue weighted by Gasteiger charge is 2.32. The first-order chi connectivity index (χ1) is 12.9. The summed E-state index contributed by atoms with van der Waals surface area (Å²) in [6.45, 7) is 2.32. The maximum Gasteiger partial charge on any atom is 0.241 e. The Balaban J connectivity index is 1.51. The van der Waals surface area contributed by atoms with Gasteiger partial charge in [0, 0.05) is 23.7 Å². The fraction of sp³-hybridized carbons (Fsp3) is 0.300. The van der Waals surface area contributed by atoms with E-state index in [1.807, 2.05) is 13.0 Å². The van der Waals surface area contributed by atoms with E-state index in [1.54, 1.807) is 24.3 Å². The molecule has 2 aromatic rings. The number of piperidine rings is 1. The zero-order valence-electron chi connectivity index (χ0n) is 14.8. The number of ether oxygens (including phenoxy) is 1. The third-order valence-corrected chi connectivity index (χ3v) is 4.84. The molecule has 2 atom stereocenters. The maximum absolute atomic E-state index is 12.9. The molecule has 2 N–H and O–H groups in total. The molecule has 0 spiro atoms. The predicted octanol–water partition coefficient (Wildman–Crippen LogP) is 3.24. The minimum Gasteiger partial charge on any atom is -0.364 e. The van der Waals surface area contributed by atoms with Crippen LogP contribution in [0.15, 0.2) is 42.5 Å². The highest BCUT2D eigenvalue weighted by atomic mass is 35.5. The number of ketones is 1. The second-order valence-corrected chi connectivity index (χ2v) is 6.92. The van der Waals surface area contributed by atoms with Crippen molar-refractivity contribution < 1.29 is 18.7 Å². The van der Waals surface area contributed by atoms with Crippen LogP contribution in [-0.4, -0.2) is 30.4 Å². The Morgan fingerprint density at radius 3 is 2.70 bits per heavy atom. The van der Waals surface area contributed by atoms with Crippen molar-refractivity contribution in [2.45, 2.75) is 32.1 Å². The Hall–Kier alpha value is -2.28. The van der Waals surface area contributed by atoms with Crippen molar-refractivity contribution in [1.29, 1.82) is 0 Å². The number of rotatable bonds is 5. The number of hydrogen-bond donors (Lipinski definition) is 2. The molecule has 3 rings (SSSR count). The number of carbonyl (C=O) groups is 2. The summed E-state index contributed by atoms with van der Waals surface area (Å²) >= 11 is 6.06. The second kappa shape index (κ2) is 8.61. The number of carbonyl (C=O) groups excluding carboxylic acids is 2. The topological polar surface area (TPSA) is 67.4 Å². The van der Waals surface area contributed by atoms with Crippen LogP contribution < -0.4 is 10.6 Å². The second-order valence-electron chi connectivity index (χ2n) is 6.51. The van der Waals surface area contributed by atoms with E-state index in [2.05, 4.69) is 10.6 Å². The summed E-state index contributed by atoms with van der Waals surface area (Å²) in [5, 5.41) is 6.37. The van der Waals surface area contributed by atoms with Gasteiger partial charge in [0.05, 0.1) is 12.6 Å². The summed E-state index contributed by atoms with van der Waals surface area (Å²) in [5.74, 6) is -0.754. The largest absolute Gasteiger partial charge is 0.364 e. The molecule has 7 heteroatoms. The molecule has 27 heavy (non-hydrogen) atoms. The summed E-state index contributed by atoms with van der Waals surface area (Å²) < 4.78 is 18.5. The minimum atomic E-state index is -0.632. The molecule has 1 aliphatic heterocycles. The molecular weight excluding hydrogens is 371 g/mol. The van der Waals surface area contributed by atoms with Gasteiger partial charge in [0.2, 0.25) is 5.91 Å². The Morgan fingerprint density at radius 1 is 1.30 bits per heavy atom. The first kappa shape index (κ1) is 19.5. The van der Waals surface area contributed by atoms with E-state index in [1.165, 1.54) is 12.1 Å². The number of Topliss-reactive ketones (excluding diaryl/α,β-unsaturated/α-hetero) is 1. The van der Waals surface area contributed by atoms with Crippen molar-refractivity contribution in [2.24, 2.45) is 0 Å². The van der Waals surface area contributed by atoms with Crippen molar-refractivity contribution in [1.82, 2.24) is 5.32 Å². The fourth-order valence-corrected chi connectivity index (χ4v) is 2.96. The quantitative estimate of drug-likeness (QED) is 0.822. The van der Waals surface area contributed by atoms with Crippen LogP contribution in [0.3, 0.4) is 0 Å². The van der Waals surface area contributed by atoms with Gasteiger partial charge >= 0.3 is 0 Å². The lowest BCUT2D eigenvalue weighted by Crippen LogP contribution is -2.53. The third kappa shape index (κ3) is 5.13. The maximum atomic E-state index is 12.9. The fourth-order valence-electron chi connectivity index (χ4n) is 2.78. The molecular formula is C20H20ClFN2O3. The number of aryl methyl sites for hydroxylation is 1. The van der Waals surface area contributed by atoms with Gasteiger partial charge in [0.1, 0.15) is 11.9 Å². The summed E-state index contributed by atoms with van der Waals surface area (Å²) in [4.78, 5) is 24.7. The summed E-state index contributed by atoms with van der Waals surface area (Å²) in [7, 11) is 0. The van der Waals surface area contributed by atoms with Crippen LogP contribution >= 0.6 is 11.6 Å². The molecule has 0 bridgehead atoms. The van der Waals surface area contributed by atoms with Gasteiger partial charge in [-0.15, -0.1) is 0 Å². The van der Waals surface area contributed by atoms with Crippen molar-refractivity contribution in [3.8, 4) is 0 Å². The normalized spacial score (nSPS) is 19.7. The highest BCUT2D eigenvalue weighted by Crippen LogP contribution is 2.20. The lowest BCUT2D eigenvalue weighted by molar-refractivity contribution is -0.137. The van der Waals surface area contributed by atoms with Crippen LogP contribution in [0.4, 0.5) is 10.1 Å². The van der Waals surface area contributed by atoms with E-state index >= 15 is 0 Å². The Labute approximate surface area is 161 Å². The van der Waals surface area contributed by atoms with Crippen LogP contribution in [0.1, 0.15) is 17.5 Å². The number of hydrogen-bond acceptors (Lipinski definition) is 4. The molecule has 0 aromatic heterocycles. The van der Waals surface area contributed by atoms with E-state index in [-0.39, 0.29) is 37.1 Å². The molecule has 142 valence electrons. The predicted molar refractivity (Wildman–Crippen MR) is 101 cm³/mol. The lowest BCUT2D eigenvalue weighted by atomic mass is 10.0. The molecule has 0 radical (unpaired) electrons. The van der Waals surface area contributed by atoms with Gasteiger partial charge in [-0.05, 0) is 42.3 Å². The lowest BCUT2D eigenvalue weighted by Gasteiger charge is -2.28. The molecule has 0 aliphatic carbocycles. The first-order valence-corrected chi connectivity index (χ1v) is 8.99. The monoisotopic (exact) mass is 390 g/mol. The van der Waals surface area contributed by atoms with Gasteiger partial charge in [0.25, 0.3) is 0 Å². The van der Waals surface area contributed by atoms with Crippen molar-refractivity contribution in [2.75, 3.05) is 11.9 Å². The molecule has 1 saturated heterocycles. The minimum absolute atomic E-state index is 0.0412. The summed E-state index contributed by atoms with van der Waals surface area (Å²) in [6.07, 6.45) is -0.590. The highest BCUT2D eigenvalue weighted by molar-refractivity contribution is 6.31. The third-order valence-electron chi connectivity index (χ3n) is 4.43.